The third kappa shape index (κ3) is 3.08. The molecule has 0 amide bonds. The van der Waals surface area contributed by atoms with Gasteiger partial charge in [-0.1, -0.05) is 43.3 Å². The molecule has 0 radical (unpaired) electrons. The summed E-state index contributed by atoms with van der Waals surface area (Å²) in [5, 5.41) is 13.3. The van der Waals surface area contributed by atoms with Gasteiger partial charge in [0.15, 0.2) is 0 Å². The van der Waals surface area contributed by atoms with Crippen molar-refractivity contribution in [1.29, 1.82) is 0 Å². The van der Waals surface area contributed by atoms with Crippen molar-refractivity contribution < 1.29 is 9.84 Å². The fourth-order valence-corrected chi connectivity index (χ4v) is 8.06. The predicted octanol–water partition coefficient (Wildman–Crippen LogP) is 6.92. The highest BCUT2D eigenvalue weighted by molar-refractivity contribution is 5.97. The Kier molecular flexibility index (Phi) is 4.87. The van der Waals surface area contributed by atoms with E-state index >= 15 is 0 Å². The van der Waals surface area contributed by atoms with Gasteiger partial charge in [-0.2, -0.15) is 0 Å². The number of benzene rings is 3. The molecule has 0 aromatic heterocycles. The van der Waals surface area contributed by atoms with E-state index < -0.39 is 0 Å². The normalized spacial score (nSPS) is 30.4. The molecule has 0 unspecified atom stereocenters. The molecule has 33 heavy (non-hydrogen) atoms. The van der Waals surface area contributed by atoms with Gasteiger partial charge in [-0.05, 0) is 96.4 Å². The molecular weight excluding hydrogens is 406 g/mol. The number of phenolic OH excluding ortho intramolecular Hbond substituents is 1. The summed E-state index contributed by atoms with van der Waals surface area (Å²) >= 11 is 0. The standard InChI is InChI=1S/C30H35NO2/c1-30-17-16-24-22-12-10-21(33-3)18-20(22)8-11-25(24)26(30)13-15-28(30)31(2)29-23-7-5-4-6-19(23)9-14-27(29)32/h4-7,9-10,12,14,18,24-26,28,32H,8,11,13,15-17H2,1-3H3/t24-,25-,26+,28-,30+/m1/s1. The monoisotopic (exact) mass is 441 g/mol. The highest BCUT2D eigenvalue weighted by Gasteiger charge is 2.56. The molecule has 0 heterocycles. The molecule has 0 saturated heterocycles. The van der Waals surface area contributed by atoms with Gasteiger partial charge in [0, 0.05) is 18.5 Å². The average Bonchev–Trinajstić information content (AvgIpc) is 3.20. The summed E-state index contributed by atoms with van der Waals surface area (Å²) in [6, 6.07) is 19.6. The Morgan fingerprint density at radius 3 is 2.70 bits per heavy atom. The Morgan fingerprint density at radius 1 is 1.00 bits per heavy atom. The maximum Gasteiger partial charge on any atom is 0.139 e. The number of fused-ring (bicyclic) bond motifs is 6. The summed E-state index contributed by atoms with van der Waals surface area (Å²) in [5.41, 5.74) is 4.37. The minimum absolute atomic E-state index is 0.281. The number of aryl methyl sites for hydroxylation is 1. The van der Waals surface area contributed by atoms with Crippen molar-refractivity contribution in [3.05, 3.63) is 65.7 Å². The molecule has 2 saturated carbocycles. The quantitative estimate of drug-likeness (QED) is 0.479. The van der Waals surface area contributed by atoms with Gasteiger partial charge in [0.25, 0.3) is 0 Å². The highest BCUT2D eigenvalue weighted by atomic mass is 16.5. The maximum atomic E-state index is 10.9. The van der Waals surface area contributed by atoms with Gasteiger partial charge in [-0.15, -0.1) is 0 Å². The van der Waals surface area contributed by atoms with Crippen molar-refractivity contribution in [3.63, 3.8) is 0 Å². The van der Waals surface area contributed by atoms with E-state index in [1.54, 1.807) is 12.7 Å². The minimum atomic E-state index is 0.281. The first-order valence-electron chi connectivity index (χ1n) is 12.6. The Balaban J connectivity index is 1.33. The lowest BCUT2D eigenvalue weighted by Gasteiger charge is -2.52. The summed E-state index contributed by atoms with van der Waals surface area (Å²) < 4.78 is 5.50. The van der Waals surface area contributed by atoms with Crippen LogP contribution < -0.4 is 9.64 Å². The van der Waals surface area contributed by atoms with Gasteiger partial charge in [-0.25, -0.2) is 0 Å². The lowest BCUT2D eigenvalue weighted by Crippen LogP contribution is -2.49. The number of hydrogen-bond acceptors (Lipinski definition) is 3. The molecule has 2 fully saturated rings. The van der Waals surface area contributed by atoms with Gasteiger partial charge in [0.1, 0.15) is 11.5 Å². The van der Waals surface area contributed by atoms with Crippen LogP contribution in [-0.2, 0) is 6.42 Å². The number of aromatic hydroxyl groups is 1. The van der Waals surface area contributed by atoms with Crippen molar-refractivity contribution in [1.82, 2.24) is 0 Å². The molecule has 172 valence electrons. The summed E-state index contributed by atoms with van der Waals surface area (Å²) in [7, 11) is 3.98. The Hall–Kier alpha value is -2.68. The number of rotatable bonds is 3. The van der Waals surface area contributed by atoms with Gasteiger partial charge in [0.2, 0.25) is 0 Å². The molecule has 3 aromatic carbocycles. The lowest BCUT2D eigenvalue weighted by atomic mass is 9.55. The highest BCUT2D eigenvalue weighted by Crippen LogP contribution is 2.62. The molecular formula is C30H35NO2. The molecule has 3 aliphatic rings. The van der Waals surface area contributed by atoms with Crippen LogP contribution in [0.15, 0.2) is 54.6 Å². The predicted molar refractivity (Wildman–Crippen MR) is 135 cm³/mol. The van der Waals surface area contributed by atoms with E-state index in [-0.39, 0.29) is 5.41 Å². The van der Waals surface area contributed by atoms with Crippen molar-refractivity contribution in [2.45, 2.75) is 57.4 Å². The zero-order valence-electron chi connectivity index (χ0n) is 20.1. The van der Waals surface area contributed by atoms with E-state index in [1.807, 2.05) is 12.1 Å². The zero-order chi connectivity index (χ0) is 22.7. The summed E-state index contributed by atoms with van der Waals surface area (Å²) in [4.78, 5) is 2.43. The van der Waals surface area contributed by atoms with Crippen LogP contribution in [0, 0.1) is 17.3 Å². The summed E-state index contributed by atoms with van der Waals surface area (Å²) in [6.07, 6.45) is 7.49. The van der Waals surface area contributed by atoms with Gasteiger partial charge in [0.05, 0.1) is 12.8 Å². The third-order valence-electron chi connectivity index (χ3n) is 9.58. The molecule has 0 aliphatic heterocycles. The molecule has 5 atom stereocenters. The number of nitrogens with zero attached hydrogens (tertiary/aromatic N) is 1. The molecule has 6 rings (SSSR count). The van der Waals surface area contributed by atoms with Crippen LogP contribution in [-0.4, -0.2) is 25.3 Å². The van der Waals surface area contributed by atoms with Crippen LogP contribution in [0.2, 0.25) is 0 Å². The molecule has 3 heteroatoms. The topological polar surface area (TPSA) is 32.7 Å². The minimum Gasteiger partial charge on any atom is -0.506 e. The van der Waals surface area contributed by atoms with Gasteiger partial charge in [-0.3, -0.25) is 0 Å². The van der Waals surface area contributed by atoms with Crippen molar-refractivity contribution in [3.8, 4) is 11.5 Å². The summed E-state index contributed by atoms with van der Waals surface area (Å²) in [6.45, 7) is 2.55. The summed E-state index contributed by atoms with van der Waals surface area (Å²) in [5.74, 6) is 3.59. The van der Waals surface area contributed by atoms with Crippen molar-refractivity contribution in [2.75, 3.05) is 19.1 Å². The fourth-order valence-electron chi connectivity index (χ4n) is 8.06. The molecule has 3 nitrogen and oxygen atoms in total. The van der Waals surface area contributed by atoms with Crippen molar-refractivity contribution >= 4 is 16.5 Å². The van der Waals surface area contributed by atoms with E-state index in [1.165, 1.54) is 49.5 Å². The third-order valence-corrected chi connectivity index (χ3v) is 9.58. The molecule has 0 bridgehead atoms. The average molecular weight is 442 g/mol. The Bertz CT molecular complexity index is 1200. The molecule has 0 spiro atoms. The smallest absolute Gasteiger partial charge is 0.139 e. The van der Waals surface area contributed by atoms with E-state index in [0.717, 1.165) is 28.7 Å². The van der Waals surface area contributed by atoms with Crippen LogP contribution >= 0.6 is 0 Å². The Labute approximate surface area is 197 Å². The second-order valence-corrected chi connectivity index (χ2v) is 10.9. The van der Waals surface area contributed by atoms with Crippen LogP contribution in [0.25, 0.3) is 10.8 Å². The van der Waals surface area contributed by atoms with Crippen molar-refractivity contribution in [2.24, 2.45) is 17.3 Å². The van der Waals surface area contributed by atoms with E-state index in [0.29, 0.717) is 17.7 Å². The zero-order valence-corrected chi connectivity index (χ0v) is 20.1. The number of phenols is 1. The molecule has 3 aromatic rings. The number of anilines is 1. The van der Waals surface area contributed by atoms with Gasteiger partial charge < -0.3 is 14.7 Å². The number of hydrogen-bond donors (Lipinski definition) is 1. The lowest BCUT2D eigenvalue weighted by molar-refractivity contribution is 0.0486. The molecule has 1 N–H and O–H groups in total. The van der Waals surface area contributed by atoms with Crippen LogP contribution in [0.4, 0.5) is 5.69 Å². The second-order valence-electron chi connectivity index (χ2n) is 10.9. The first-order valence-corrected chi connectivity index (χ1v) is 12.6. The number of ether oxygens (including phenoxy) is 1. The van der Waals surface area contributed by atoms with Crippen LogP contribution in [0.5, 0.6) is 11.5 Å². The largest absolute Gasteiger partial charge is 0.506 e. The van der Waals surface area contributed by atoms with E-state index in [2.05, 4.69) is 61.3 Å². The fraction of sp³-hybridized carbons (Fsp3) is 0.467. The van der Waals surface area contributed by atoms with Gasteiger partial charge >= 0.3 is 0 Å². The number of methoxy groups -OCH3 is 1. The van der Waals surface area contributed by atoms with E-state index in [9.17, 15) is 5.11 Å². The van der Waals surface area contributed by atoms with Crippen LogP contribution in [0.3, 0.4) is 0 Å². The second kappa shape index (κ2) is 7.68. The van der Waals surface area contributed by atoms with Crippen LogP contribution in [0.1, 0.15) is 56.1 Å². The maximum absolute atomic E-state index is 10.9. The first-order chi connectivity index (χ1) is 16.0. The SMILES string of the molecule is COc1ccc2c(c1)CC[C@@H]1[C@@H]2CC[C@@]2(C)[C@H]1CC[C@H]2N(C)c1c(O)ccc2ccccc12. The Morgan fingerprint density at radius 2 is 1.85 bits per heavy atom. The first kappa shape index (κ1) is 20.9. The molecule has 3 aliphatic carbocycles. The van der Waals surface area contributed by atoms with E-state index in [4.69, 9.17) is 4.74 Å².